The molecule has 1 saturated carbocycles. The maximum Gasteiger partial charge on any atom is 0.252 e. The average Bonchev–Trinajstić information content (AvgIpc) is 3.33. The third kappa shape index (κ3) is 5.12. The van der Waals surface area contributed by atoms with Crippen molar-refractivity contribution in [2.45, 2.75) is 84.5 Å². The van der Waals surface area contributed by atoms with Gasteiger partial charge in [-0.1, -0.05) is 62.6 Å². The molecule has 0 radical (unpaired) electrons. The highest BCUT2D eigenvalue weighted by Crippen LogP contribution is 2.33. The van der Waals surface area contributed by atoms with E-state index in [-0.39, 0.29) is 11.6 Å². The summed E-state index contributed by atoms with van der Waals surface area (Å²) in [6, 6.07) is 17.1. The molecule has 36 heavy (non-hydrogen) atoms. The molecule has 0 spiro atoms. The van der Waals surface area contributed by atoms with E-state index in [0.717, 1.165) is 47.1 Å². The summed E-state index contributed by atoms with van der Waals surface area (Å²) in [6.07, 6.45) is 6.87. The Hall–Kier alpha value is -3.32. The largest absolute Gasteiger partial charge is 0.322 e. The molecule has 1 N–H and O–H groups in total. The van der Waals surface area contributed by atoms with Crippen LogP contribution in [0.4, 0.5) is 0 Å². The Morgan fingerprint density at radius 1 is 1.08 bits per heavy atom. The van der Waals surface area contributed by atoms with Crippen molar-refractivity contribution in [2.75, 3.05) is 0 Å². The Morgan fingerprint density at radius 3 is 2.61 bits per heavy atom. The van der Waals surface area contributed by atoms with E-state index in [2.05, 4.69) is 76.5 Å². The van der Waals surface area contributed by atoms with Crippen LogP contribution >= 0.6 is 0 Å². The molecule has 7 heteroatoms. The lowest BCUT2D eigenvalue weighted by atomic mass is 9.92. The molecule has 0 amide bonds. The summed E-state index contributed by atoms with van der Waals surface area (Å²) in [5, 5.41) is 14.0. The second-order valence-electron chi connectivity index (χ2n) is 10.2. The molecule has 0 unspecified atom stereocenters. The van der Waals surface area contributed by atoms with Gasteiger partial charge in [-0.3, -0.25) is 9.69 Å². The predicted octanol–water partition coefficient (Wildman–Crippen LogP) is 5.47. The Labute approximate surface area is 212 Å². The molecule has 1 fully saturated rings. The summed E-state index contributed by atoms with van der Waals surface area (Å²) >= 11 is 0. The van der Waals surface area contributed by atoms with Gasteiger partial charge in [0.15, 0.2) is 5.82 Å². The molecule has 5 rings (SSSR count). The van der Waals surface area contributed by atoms with Gasteiger partial charge in [0.2, 0.25) is 0 Å². The predicted molar refractivity (Wildman–Crippen MR) is 143 cm³/mol. The molecule has 0 aliphatic heterocycles. The van der Waals surface area contributed by atoms with E-state index in [1.165, 1.54) is 30.4 Å². The fourth-order valence-electron chi connectivity index (χ4n) is 5.82. The summed E-state index contributed by atoms with van der Waals surface area (Å²) in [5.74, 6) is 0.871. The molecule has 1 atom stereocenters. The standard InChI is InChI=1S/C29H36N6O/c1-4-27(28-31-32-33-35(28)18-22-11-7-5-8-12-22)34(24-13-9-6-10-14-24)19-23-17-25-21(3)15-20(2)16-26(25)30-29(23)36/h5,7-8,11-12,15-17,24,27H,4,6,9-10,13-14,18-19H2,1-3H3,(H,30,36)/t27-/m1/s1. The van der Waals surface area contributed by atoms with Crippen LogP contribution in [0.5, 0.6) is 0 Å². The minimum absolute atomic E-state index is 0.00737. The van der Waals surface area contributed by atoms with Gasteiger partial charge in [0.25, 0.3) is 5.56 Å². The highest BCUT2D eigenvalue weighted by molar-refractivity contribution is 5.83. The Balaban J connectivity index is 1.52. The molecule has 1 aliphatic carbocycles. The van der Waals surface area contributed by atoms with Crippen LogP contribution in [-0.2, 0) is 13.1 Å². The monoisotopic (exact) mass is 484 g/mol. The Bertz CT molecular complexity index is 1370. The minimum Gasteiger partial charge on any atom is -0.322 e. The van der Waals surface area contributed by atoms with E-state index in [1.54, 1.807) is 0 Å². The van der Waals surface area contributed by atoms with Crippen LogP contribution < -0.4 is 5.56 Å². The number of aromatic nitrogens is 5. The van der Waals surface area contributed by atoms with Gasteiger partial charge in [0.05, 0.1) is 12.6 Å². The molecule has 4 aromatic rings. The number of aryl methyl sites for hydroxylation is 2. The number of fused-ring (bicyclic) bond motifs is 1. The molecular weight excluding hydrogens is 448 g/mol. The molecule has 2 heterocycles. The number of pyridine rings is 1. The van der Waals surface area contributed by atoms with E-state index in [1.807, 2.05) is 22.9 Å². The van der Waals surface area contributed by atoms with E-state index in [9.17, 15) is 4.79 Å². The quantitative estimate of drug-likeness (QED) is 0.359. The summed E-state index contributed by atoms with van der Waals surface area (Å²) in [7, 11) is 0. The SMILES string of the molecule is CC[C@H](c1nnnn1Cc1ccccc1)N(Cc1cc2c(C)cc(C)cc2[nH]c1=O)C1CCCCC1. The number of tetrazole rings is 1. The van der Waals surface area contributed by atoms with Crippen molar-refractivity contribution in [2.24, 2.45) is 0 Å². The van der Waals surface area contributed by atoms with Crippen LogP contribution in [0.3, 0.4) is 0 Å². The Kier molecular flexibility index (Phi) is 7.28. The van der Waals surface area contributed by atoms with E-state index in [0.29, 0.717) is 19.1 Å². The van der Waals surface area contributed by atoms with Gasteiger partial charge >= 0.3 is 0 Å². The third-order valence-corrected chi connectivity index (χ3v) is 7.61. The first-order chi connectivity index (χ1) is 17.5. The van der Waals surface area contributed by atoms with Crippen molar-refractivity contribution in [3.05, 3.63) is 87.0 Å². The number of hydrogen-bond acceptors (Lipinski definition) is 5. The maximum atomic E-state index is 13.3. The van der Waals surface area contributed by atoms with Crippen LogP contribution in [0, 0.1) is 13.8 Å². The molecule has 1 aliphatic rings. The number of aromatic amines is 1. The fourth-order valence-corrected chi connectivity index (χ4v) is 5.82. The average molecular weight is 485 g/mol. The second-order valence-corrected chi connectivity index (χ2v) is 10.2. The highest BCUT2D eigenvalue weighted by Gasteiger charge is 2.32. The topological polar surface area (TPSA) is 79.7 Å². The highest BCUT2D eigenvalue weighted by atomic mass is 16.1. The number of nitrogens with one attached hydrogen (secondary N) is 1. The van der Waals surface area contributed by atoms with Crippen molar-refractivity contribution in [1.82, 2.24) is 30.1 Å². The molecule has 0 bridgehead atoms. The fraction of sp³-hybridized carbons (Fsp3) is 0.448. The van der Waals surface area contributed by atoms with Gasteiger partial charge in [0.1, 0.15) is 0 Å². The van der Waals surface area contributed by atoms with Crippen molar-refractivity contribution in [1.29, 1.82) is 0 Å². The summed E-state index contributed by atoms with van der Waals surface area (Å²) < 4.78 is 1.93. The van der Waals surface area contributed by atoms with Crippen LogP contribution in [0.25, 0.3) is 10.9 Å². The molecule has 0 saturated heterocycles. The maximum absolute atomic E-state index is 13.3. The zero-order valence-corrected chi connectivity index (χ0v) is 21.6. The lowest BCUT2D eigenvalue weighted by molar-refractivity contribution is 0.0844. The third-order valence-electron chi connectivity index (χ3n) is 7.61. The molecule has 2 aromatic carbocycles. The van der Waals surface area contributed by atoms with Gasteiger partial charge in [-0.05, 0) is 72.4 Å². The van der Waals surface area contributed by atoms with E-state index < -0.39 is 0 Å². The molecule has 188 valence electrons. The number of H-pyrrole nitrogens is 1. The molecular formula is C29H36N6O. The van der Waals surface area contributed by atoms with E-state index in [4.69, 9.17) is 0 Å². The van der Waals surface area contributed by atoms with Gasteiger partial charge in [0, 0.05) is 29.1 Å². The number of nitrogens with zero attached hydrogens (tertiary/aromatic N) is 5. The number of rotatable bonds is 8. The lowest BCUT2D eigenvalue weighted by Crippen LogP contribution is -2.41. The van der Waals surface area contributed by atoms with Crippen molar-refractivity contribution in [3.63, 3.8) is 0 Å². The zero-order chi connectivity index (χ0) is 25.1. The second kappa shape index (κ2) is 10.7. The van der Waals surface area contributed by atoms with Gasteiger partial charge in [-0.2, -0.15) is 0 Å². The van der Waals surface area contributed by atoms with Gasteiger partial charge in [-0.25, -0.2) is 4.68 Å². The van der Waals surface area contributed by atoms with Crippen LogP contribution in [0.15, 0.2) is 53.3 Å². The lowest BCUT2D eigenvalue weighted by Gasteiger charge is -2.39. The van der Waals surface area contributed by atoms with Crippen molar-refractivity contribution < 1.29 is 0 Å². The van der Waals surface area contributed by atoms with Crippen LogP contribution in [-0.4, -0.2) is 36.1 Å². The van der Waals surface area contributed by atoms with E-state index >= 15 is 0 Å². The van der Waals surface area contributed by atoms with Crippen molar-refractivity contribution in [3.8, 4) is 0 Å². The summed E-state index contributed by atoms with van der Waals surface area (Å²) in [5.41, 5.74) is 5.22. The summed E-state index contributed by atoms with van der Waals surface area (Å²) in [6.45, 7) is 7.59. The molecule has 2 aromatic heterocycles. The normalized spacial score (nSPS) is 15.6. The minimum atomic E-state index is -0.00737. The first-order valence-electron chi connectivity index (χ1n) is 13.2. The zero-order valence-electron chi connectivity index (χ0n) is 21.6. The van der Waals surface area contributed by atoms with Crippen molar-refractivity contribution >= 4 is 10.9 Å². The summed E-state index contributed by atoms with van der Waals surface area (Å²) in [4.78, 5) is 18.9. The number of benzene rings is 2. The van der Waals surface area contributed by atoms with Gasteiger partial charge < -0.3 is 4.98 Å². The first kappa shape index (κ1) is 24.4. The molecule has 7 nitrogen and oxygen atoms in total. The smallest absolute Gasteiger partial charge is 0.252 e. The first-order valence-corrected chi connectivity index (χ1v) is 13.2. The van der Waals surface area contributed by atoms with Gasteiger partial charge in [-0.15, -0.1) is 5.10 Å². The van der Waals surface area contributed by atoms with Crippen LogP contribution in [0.1, 0.15) is 79.6 Å². The Morgan fingerprint density at radius 2 is 1.86 bits per heavy atom. The van der Waals surface area contributed by atoms with Crippen LogP contribution in [0.2, 0.25) is 0 Å². The number of hydrogen-bond donors (Lipinski definition) is 1.